The minimum Gasteiger partial charge on any atom is -0.319 e. The summed E-state index contributed by atoms with van der Waals surface area (Å²) in [5.41, 5.74) is 1.90. The highest BCUT2D eigenvalue weighted by Gasteiger charge is 2.16. The summed E-state index contributed by atoms with van der Waals surface area (Å²) in [6.07, 6.45) is 4.42. The van der Waals surface area contributed by atoms with Crippen LogP contribution in [0.4, 0.5) is 5.69 Å². The van der Waals surface area contributed by atoms with Crippen molar-refractivity contribution in [3.63, 3.8) is 0 Å². The van der Waals surface area contributed by atoms with Crippen molar-refractivity contribution in [2.24, 2.45) is 0 Å². The molecule has 0 N–H and O–H groups in total. The van der Waals surface area contributed by atoms with Gasteiger partial charge in [0.1, 0.15) is 0 Å². The predicted octanol–water partition coefficient (Wildman–Crippen LogP) is 2.97. The summed E-state index contributed by atoms with van der Waals surface area (Å²) in [5, 5.41) is 10.6. The molecule has 0 spiro atoms. The molecule has 1 heterocycles. The van der Waals surface area contributed by atoms with Gasteiger partial charge in [0, 0.05) is 31.3 Å². The van der Waals surface area contributed by atoms with Crippen LogP contribution in [0.15, 0.2) is 30.5 Å². The fourth-order valence-corrected chi connectivity index (χ4v) is 2.12. The van der Waals surface area contributed by atoms with E-state index < -0.39 is 4.92 Å². The molecule has 0 radical (unpaired) electrons. The minimum atomic E-state index is -0.420. The summed E-state index contributed by atoms with van der Waals surface area (Å²) in [6.45, 7) is 2.66. The van der Waals surface area contributed by atoms with Crippen LogP contribution in [0.2, 0.25) is 0 Å². The molecule has 1 amide bonds. The number of nitro groups is 1. The smallest absolute Gasteiger partial charge is 0.269 e. The third kappa shape index (κ3) is 3.19. The quantitative estimate of drug-likeness (QED) is 0.620. The van der Waals surface area contributed by atoms with Crippen LogP contribution in [-0.4, -0.2) is 22.3 Å². The maximum atomic E-state index is 11.7. The Kier molecular flexibility index (Phi) is 3.94. The van der Waals surface area contributed by atoms with E-state index in [2.05, 4.69) is 0 Å². The molecular formula is C14H16N2O3. The van der Waals surface area contributed by atoms with E-state index in [9.17, 15) is 14.9 Å². The second-order valence-electron chi connectivity index (χ2n) is 4.66. The number of non-ortho nitro benzene ring substituents is 1. The van der Waals surface area contributed by atoms with Crippen LogP contribution in [0, 0.1) is 10.1 Å². The van der Waals surface area contributed by atoms with Gasteiger partial charge in [-0.3, -0.25) is 14.9 Å². The number of hydrogen-bond acceptors (Lipinski definition) is 3. The number of piperidine rings is 1. The molecule has 1 saturated heterocycles. The van der Waals surface area contributed by atoms with Crippen molar-refractivity contribution in [3.8, 4) is 0 Å². The Balaban J connectivity index is 2.16. The standard InChI is InChI=1S/C14H16N2O3/c1-11(10-15-9-3-2-4-14(15)17)12-5-7-13(8-6-12)16(18)19/h5-8,10H,2-4,9H2,1H3/b11-10+. The lowest BCUT2D eigenvalue weighted by Crippen LogP contribution is -2.30. The molecule has 0 aliphatic carbocycles. The van der Waals surface area contributed by atoms with Gasteiger partial charge in [-0.15, -0.1) is 0 Å². The van der Waals surface area contributed by atoms with E-state index in [1.807, 2.05) is 13.1 Å². The van der Waals surface area contributed by atoms with Gasteiger partial charge in [-0.05, 0) is 43.0 Å². The summed E-state index contributed by atoms with van der Waals surface area (Å²) in [6, 6.07) is 6.37. The molecule has 2 rings (SSSR count). The van der Waals surface area contributed by atoms with Gasteiger partial charge >= 0.3 is 0 Å². The average Bonchev–Trinajstić information content (AvgIpc) is 2.41. The fourth-order valence-electron chi connectivity index (χ4n) is 2.12. The van der Waals surface area contributed by atoms with Crippen molar-refractivity contribution in [2.45, 2.75) is 26.2 Å². The zero-order valence-electron chi connectivity index (χ0n) is 10.8. The van der Waals surface area contributed by atoms with Gasteiger partial charge < -0.3 is 4.90 Å². The number of likely N-dealkylation sites (tertiary alicyclic amines) is 1. The summed E-state index contributed by atoms with van der Waals surface area (Å²) in [7, 11) is 0. The van der Waals surface area contributed by atoms with Crippen molar-refractivity contribution in [1.29, 1.82) is 0 Å². The van der Waals surface area contributed by atoms with Crippen molar-refractivity contribution in [2.75, 3.05) is 6.54 Å². The van der Waals surface area contributed by atoms with E-state index in [-0.39, 0.29) is 11.6 Å². The Morgan fingerprint density at radius 2 is 2.00 bits per heavy atom. The summed E-state index contributed by atoms with van der Waals surface area (Å²) < 4.78 is 0. The van der Waals surface area contributed by atoms with Crippen LogP contribution in [0.3, 0.4) is 0 Å². The molecule has 1 aromatic rings. The first-order chi connectivity index (χ1) is 9.08. The maximum absolute atomic E-state index is 11.7. The highest BCUT2D eigenvalue weighted by atomic mass is 16.6. The number of nitro benzene ring substituents is 1. The van der Waals surface area contributed by atoms with Crippen LogP contribution in [0.5, 0.6) is 0 Å². The van der Waals surface area contributed by atoms with E-state index in [0.29, 0.717) is 6.42 Å². The van der Waals surface area contributed by atoms with Gasteiger partial charge in [0.25, 0.3) is 5.69 Å². The Labute approximate surface area is 111 Å². The Bertz CT molecular complexity index is 520. The number of carbonyl (C=O) groups excluding carboxylic acids is 1. The van der Waals surface area contributed by atoms with Gasteiger partial charge in [-0.2, -0.15) is 0 Å². The third-order valence-corrected chi connectivity index (χ3v) is 3.24. The topological polar surface area (TPSA) is 63.5 Å². The minimum absolute atomic E-state index is 0.0746. The van der Waals surface area contributed by atoms with Gasteiger partial charge in [-0.25, -0.2) is 0 Å². The molecule has 1 aromatic carbocycles. The molecular weight excluding hydrogens is 244 g/mol. The second kappa shape index (κ2) is 5.65. The van der Waals surface area contributed by atoms with Gasteiger partial charge in [-0.1, -0.05) is 0 Å². The Morgan fingerprint density at radius 3 is 2.58 bits per heavy atom. The Morgan fingerprint density at radius 1 is 1.32 bits per heavy atom. The molecule has 0 bridgehead atoms. The first-order valence-corrected chi connectivity index (χ1v) is 6.30. The summed E-state index contributed by atoms with van der Waals surface area (Å²) >= 11 is 0. The first kappa shape index (κ1) is 13.3. The first-order valence-electron chi connectivity index (χ1n) is 6.30. The zero-order valence-corrected chi connectivity index (χ0v) is 10.8. The van der Waals surface area contributed by atoms with Gasteiger partial charge in [0.05, 0.1) is 4.92 Å². The van der Waals surface area contributed by atoms with Crippen molar-refractivity contribution >= 4 is 17.2 Å². The van der Waals surface area contributed by atoms with Crippen LogP contribution in [0.25, 0.3) is 5.57 Å². The van der Waals surface area contributed by atoms with Gasteiger partial charge in [0.15, 0.2) is 0 Å². The monoisotopic (exact) mass is 260 g/mol. The number of benzene rings is 1. The molecule has 5 nitrogen and oxygen atoms in total. The van der Waals surface area contributed by atoms with E-state index >= 15 is 0 Å². The number of carbonyl (C=O) groups is 1. The highest BCUT2D eigenvalue weighted by molar-refractivity contribution is 5.80. The fraction of sp³-hybridized carbons (Fsp3) is 0.357. The number of nitrogens with zero attached hydrogens (tertiary/aromatic N) is 2. The summed E-state index contributed by atoms with van der Waals surface area (Å²) in [5.74, 6) is 0.146. The van der Waals surface area contributed by atoms with E-state index in [4.69, 9.17) is 0 Å². The normalized spacial score (nSPS) is 16.6. The van der Waals surface area contributed by atoms with Crippen molar-refractivity contribution in [1.82, 2.24) is 4.90 Å². The van der Waals surface area contributed by atoms with Crippen LogP contribution in [-0.2, 0) is 4.79 Å². The lowest BCUT2D eigenvalue weighted by Gasteiger charge is -2.23. The number of allylic oxidation sites excluding steroid dienone is 1. The largest absolute Gasteiger partial charge is 0.319 e. The average molecular weight is 260 g/mol. The molecule has 0 atom stereocenters. The molecule has 5 heteroatoms. The van der Waals surface area contributed by atoms with E-state index in [1.165, 1.54) is 12.1 Å². The molecule has 100 valence electrons. The third-order valence-electron chi connectivity index (χ3n) is 3.24. The second-order valence-corrected chi connectivity index (χ2v) is 4.66. The Hall–Kier alpha value is -2.17. The lowest BCUT2D eigenvalue weighted by molar-refractivity contribution is -0.384. The van der Waals surface area contributed by atoms with Crippen LogP contribution < -0.4 is 0 Å². The van der Waals surface area contributed by atoms with E-state index in [1.54, 1.807) is 17.0 Å². The number of rotatable bonds is 3. The molecule has 19 heavy (non-hydrogen) atoms. The number of amides is 1. The molecule has 0 unspecified atom stereocenters. The molecule has 1 aliphatic rings. The molecule has 0 saturated carbocycles. The highest BCUT2D eigenvalue weighted by Crippen LogP contribution is 2.20. The summed E-state index contributed by atoms with van der Waals surface area (Å²) in [4.78, 5) is 23.6. The molecule has 1 aliphatic heterocycles. The molecule has 0 aromatic heterocycles. The number of hydrogen-bond donors (Lipinski definition) is 0. The van der Waals surface area contributed by atoms with Crippen LogP contribution >= 0.6 is 0 Å². The lowest BCUT2D eigenvalue weighted by atomic mass is 10.1. The van der Waals surface area contributed by atoms with Crippen LogP contribution in [0.1, 0.15) is 31.7 Å². The van der Waals surface area contributed by atoms with Crippen molar-refractivity contribution in [3.05, 3.63) is 46.1 Å². The van der Waals surface area contributed by atoms with Crippen molar-refractivity contribution < 1.29 is 9.72 Å². The van der Waals surface area contributed by atoms with Gasteiger partial charge in [0.2, 0.25) is 5.91 Å². The predicted molar refractivity (Wildman–Crippen MR) is 72.3 cm³/mol. The zero-order chi connectivity index (χ0) is 13.8. The molecule has 1 fully saturated rings. The maximum Gasteiger partial charge on any atom is 0.269 e. The van der Waals surface area contributed by atoms with E-state index in [0.717, 1.165) is 30.5 Å². The SMILES string of the molecule is C/C(=C\N1CCCCC1=O)c1ccc([N+](=O)[O-])cc1.